The molecule has 2 fully saturated rings. The van der Waals surface area contributed by atoms with Gasteiger partial charge < -0.3 is 9.64 Å². The maximum atomic E-state index is 12.5. The van der Waals surface area contributed by atoms with Gasteiger partial charge in [-0.1, -0.05) is 12.8 Å². The van der Waals surface area contributed by atoms with Crippen molar-refractivity contribution in [3.8, 4) is 0 Å². The number of amides is 1. The summed E-state index contributed by atoms with van der Waals surface area (Å²) in [6.07, 6.45) is 6.31. The van der Waals surface area contributed by atoms with Crippen LogP contribution in [0.4, 0.5) is 10.8 Å². The highest BCUT2D eigenvalue weighted by atomic mass is 32.1. The van der Waals surface area contributed by atoms with Gasteiger partial charge in [0.25, 0.3) is 5.91 Å². The Hall–Kier alpha value is -2.32. The van der Waals surface area contributed by atoms with Crippen molar-refractivity contribution in [3.05, 3.63) is 35.1 Å². The fourth-order valence-electron chi connectivity index (χ4n) is 3.67. The predicted octanol–water partition coefficient (Wildman–Crippen LogP) is 3.24. The zero-order chi connectivity index (χ0) is 19.3. The zero-order valence-electron chi connectivity index (χ0n) is 15.7. The molecule has 28 heavy (non-hydrogen) atoms. The molecule has 4 rings (SSSR count). The van der Waals surface area contributed by atoms with E-state index in [0.29, 0.717) is 30.5 Å². The second kappa shape index (κ2) is 8.79. The van der Waals surface area contributed by atoms with Crippen molar-refractivity contribution in [1.29, 1.82) is 0 Å². The molecular formula is C20H24N4O3S. The number of nitrogens with one attached hydrogen (secondary N) is 1. The average Bonchev–Trinajstić information content (AvgIpc) is 3.08. The number of thiazole rings is 1. The molecule has 1 unspecified atom stereocenters. The number of hydrogen-bond donors (Lipinski definition) is 1. The summed E-state index contributed by atoms with van der Waals surface area (Å²) in [4.78, 5) is 35.8. The zero-order valence-corrected chi connectivity index (χ0v) is 16.5. The number of pyridine rings is 1. The van der Waals surface area contributed by atoms with Crippen LogP contribution in [-0.4, -0.2) is 48.0 Å². The molecule has 1 atom stereocenters. The quantitative estimate of drug-likeness (QED) is 0.793. The van der Waals surface area contributed by atoms with E-state index in [9.17, 15) is 9.59 Å². The molecule has 1 saturated heterocycles. The third-order valence-electron chi connectivity index (χ3n) is 5.26. The number of anilines is 2. The molecule has 7 nitrogen and oxygen atoms in total. The van der Waals surface area contributed by atoms with Gasteiger partial charge >= 0.3 is 0 Å². The van der Waals surface area contributed by atoms with Gasteiger partial charge in [0.1, 0.15) is 11.5 Å². The summed E-state index contributed by atoms with van der Waals surface area (Å²) in [5, 5.41) is 5.21. The van der Waals surface area contributed by atoms with E-state index in [1.54, 1.807) is 12.3 Å². The van der Waals surface area contributed by atoms with Crippen LogP contribution in [0.2, 0.25) is 0 Å². The van der Waals surface area contributed by atoms with Crippen LogP contribution in [0.15, 0.2) is 23.7 Å². The van der Waals surface area contributed by atoms with Crippen molar-refractivity contribution >= 4 is 33.8 Å². The topological polar surface area (TPSA) is 84.4 Å². The standard InChI is InChI=1S/C20H24N4O3S/c25-18-5-3-1-2-4-15(18)17-13-28-20(22-17)23-19(26)16-7-6-14(12-21-16)24-8-10-27-11-9-24/h6-7,12-13,15H,1-5,8-11H2,(H,22,23,26). The highest BCUT2D eigenvalue weighted by molar-refractivity contribution is 7.14. The molecule has 1 aliphatic heterocycles. The minimum Gasteiger partial charge on any atom is -0.378 e. The van der Waals surface area contributed by atoms with Crippen LogP contribution in [0.3, 0.4) is 0 Å². The van der Waals surface area contributed by atoms with E-state index < -0.39 is 0 Å². The Morgan fingerprint density at radius 2 is 2.07 bits per heavy atom. The fraction of sp³-hybridized carbons (Fsp3) is 0.500. The molecule has 1 aliphatic carbocycles. The number of nitrogens with zero attached hydrogens (tertiary/aromatic N) is 3. The van der Waals surface area contributed by atoms with Crippen LogP contribution >= 0.6 is 11.3 Å². The molecule has 1 saturated carbocycles. The molecule has 8 heteroatoms. The van der Waals surface area contributed by atoms with Gasteiger partial charge in [0.15, 0.2) is 5.13 Å². The molecule has 2 aliphatic rings. The fourth-order valence-corrected chi connectivity index (χ4v) is 4.43. The second-order valence-corrected chi connectivity index (χ2v) is 8.01. The molecule has 3 heterocycles. The van der Waals surface area contributed by atoms with E-state index in [2.05, 4.69) is 20.2 Å². The molecule has 0 bridgehead atoms. The van der Waals surface area contributed by atoms with Crippen LogP contribution in [-0.2, 0) is 9.53 Å². The van der Waals surface area contributed by atoms with E-state index >= 15 is 0 Å². The first kappa shape index (κ1) is 19.0. The Morgan fingerprint density at radius 1 is 1.21 bits per heavy atom. The Morgan fingerprint density at radius 3 is 2.86 bits per heavy atom. The maximum absolute atomic E-state index is 12.5. The number of hydrogen-bond acceptors (Lipinski definition) is 7. The van der Waals surface area contributed by atoms with E-state index in [4.69, 9.17) is 4.74 Å². The van der Waals surface area contributed by atoms with Crippen LogP contribution in [0.25, 0.3) is 0 Å². The lowest BCUT2D eigenvalue weighted by atomic mass is 9.96. The van der Waals surface area contributed by atoms with Crippen molar-refractivity contribution in [1.82, 2.24) is 9.97 Å². The number of Topliss-reactive ketones (excluding diaryl/α,β-unsaturated/α-hetero) is 1. The molecule has 2 aromatic rings. The van der Waals surface area contributed by atoms with Crippen molar-refractivity contribution < 1.29 is 14.3 Å². The summed E-state index contributed by atoms with van der Waals surface area (Å²) < 4.78 is 5.36. The Bertz CT molecular complexity index is 830. The van der Waals surface area contributed by atoms with Gasteiger partial charge in [-0.2, -0.15) is 0 Å². The van der Waals surface area contributed by atoms with E-state index in [1.165, 1.54) is 11.3 Å². The van der Waals surface area contributed by atoms with Gasteiger partial charge in [-0.15, -0.1) is 11.3 Å². The SMILES string of the molecule is O=C(Nc1nc(C2CCCCCC2=O)cs1)c1ccc(N2CCOCC2)cn1. The number of rotatable bonds is 4. The van der Waals surface area contributed by atoms with Crippen molar-refractivity contribution in [2.75, 3.05) is 36.5 Å². The largest absolute Gasteiger partial charge is 0.378 e. The molecule has 0 spiro atoms. The van der Waals surface area contributed by atoms with Gasteiger partial charge in [0.2, 0.25) is 0 Å². The van der Waals surface area contributed by atoms with Gasteiger partial charge in [-0.05, 0) is 25.0 Å². The minimum atomic E-state index is -0.290. The number of aromatic nitrogens is 2. The molecular weight excluding hydrogens is 376 g/mol. The Balaban J connectivity index is 1.39. The van der Waals surface area contributed by atoms with Crippen molar-refractivity contribution in [3.63, 3.8) is 0 Å². The van der Waals surface area contributed by atoms with Crippen LogP contribution < -0.4 is 10.2 Å². The number of ether oxygens (including phenoxy) is 1. The summed E-state index contributed by atoms with van der Waals surface area (Å²) in [5.41, 5.74) is 2.12. The van der Waals surface area contributed by atoms with Crippen molar-refractivity contribution in [2.45, 2.75) is 38.0 Å². The third kappa shape index (κ3) is 4.39. The van der Waals surface area contributed by atoms with Gasteiger partial charge in [0.05, 0.1) is 36.7 Å². The third-order valence-corrected chi connectivity index (χ3v) is 6.04. The Labute approximate surface area is 168 Å². The molecule has 1 N–H and O–H groups in total. The monoisotopic (exact) mass is 400 g/mol. The predicted molar refractivity (Wildman–Crippen MR) is 108 cm³/mol. The van der Waals surface area contributed by atoms with Gasteiger partial charge in [-0.25, -0.2) is 9.97 Å². The lowest BCUT2D eigenvalue weighted by Crippen LogP contribution is -2.36. The molecule has 1 amide bonds. The highest BCUT2D eigenvalue weighted by Crippen LogP contribution is 2.31. The summed E-state index contributed by atoms with van der Waals surface area (Å²) in [6.45, 7) is 3.07. The molecule has 0 radical (unpaired) electrons. The summed E-state index contributed by atoms with van der Waals surface area (Å²) >= 11 is 1.36. The van der Waals surface area contributed by atoms with Gasteiger partial charge in [0, 0.05) is 24.9 Å². The average molecular weight is 401 g/mol. The first-order chi connectivity index (χ1) is 13.7. The first-order valence-corrected chi connectivity index (χ1v) is 10.7. The van der Waals surface area contributed by atoms with Crippen molar-refractivity contribution in [2.24, 2.45) is 0 Å². The molecule has 2 aromatic heterocycles. The maximum Gasteiger partial charge on any atom is 0.276 e. The van der Waals surface area contributed by atoms with Crippen LogP contribution in [0.5, 0.6) is 0 Å². The number of ketones is 1. The van der Waals surface area contributed by atoms with E-state index in [1.807, 2.05) is 11.4 Å². The normalized spacial score (nSPS) is 20.6. The van der Waals surface area contributed by atoms with Gasteiger partial charge in [-0.3, -0.25) is 14.9 Å². The number of carbonyl (C=O) groups is 2. The summed E-state index contributed by atoms with van der Waals surface area (Å²) in [6, 6.07) is 3.63. The lowest BCUT2D eigenvalue weighted by molar-refractivity contribution is -0.120. The summed E-state index contributed by atoms with van der Waals surface area (Å²) in [5.74, 6) is -0.155. The summed E-state index contributed by atoms with van der Waals surface area (Å²) in [7, 11) is 0. The van der Waals surface area contributed by atoms with Crippen LogP contribution in [0, 0.1) is 0 Å². The van der Waals surface area contributed by atoms with E-state index in [-0.39, 0.29) is 17.6 Å². The smallest absolute Gasteiger partial charge is 0.276 e. The number of carbonyl (C=O) groups excluding carboxylic acids is 2. The minimum absolute atomic E-state index is 0.129. The first-order valence-electron chi connectivity index (χ1n) is 9.79. The second-order valence-electron chi connectivity index (χ2n) is 7.15. The molecule has 0 aromatic carbocycles. The van der Waals surface area contributed by atoms with Crippen LogP contribution in [0.1, 0.15) is 54.2 Å². The highest BCUT2D eigenvalue weighted by Gasteiger charge is 2.25. The Kier molecular flexibility index (Phi) is 5.97. The number of morpholine rings is 1. The van der Waals surface area contributed by atoms with E-state index in [0.717, 1.165) is 50.2 Å². The molecule has 148 valence electrons. The lowest BCUT2D eigenvalue weighted by Gasteiger charge is -2.28.